The van der Waals surface area contributed by atoms with Gasteiger partial charge in [0.1, 0.15) is 17.2 Å². The lowest BCUT2D eigenvalue weighted by molar-refractivity contribution is 0.0477. The van der Waals surface area contributed by atoms with E-state index in [-0.39, 0.29) is 12.4 Å². The van der Waals surface area contributed by atoms with Crippen LogP contribution in [0.1, 0.15) is 12.7 Å². The van der Waals surface area contributed by atoms with Crippen molar-refractivity contribution in [2.75, 3.05) is 11.9 Å². The Kier molecular flexibility index (Phi) is 3.35. The SMILES string of the molecule is CC(O)(CNc1ccnc2cc(F)ccc12)c1ccco1. The van der Waals surface area contributed by atoms with Crippen LogP contribution in [-0.4, -0.2) is 16.6 Å². The second kappa shape index (κ2) is 5.18. The summed E-state index contributed by atoms with van der Waals surface area (Å²) in [5.74, 6) is 0.161. The van der Waals surface area contributed by atoms with Gasteiger partial charge >= 0.3 is 0 Å². The Morgan fingerprint density at radius 2 is 2.19 bits per heavy atom. The standard InChI is InChI=1S/C16H15FN2O2/c1-16(20,15-3-2-8-21-15)10-19-13-6-7-18-14-9-11(17)4-5-12(13)14/h2-9,20H,10H2,1H3,(H,18,19). The molecule has 0 amide bonds. The van der Waals surface area contributed by atoms with Gasteiger partial charge in [-0.1, -0.05) is 0 Å². The first-order valence-electron chi connectivity index (χ1n) is 6.61. The number of rotatable bonds is 4. The van der Waals surface area contributed by atoms with Crippen LogP contribution in [0.4, 0.5) is 10.1 Å². The molecule has 3 rings (SSSR count). The predicted molar refractivity (Wildman–Crippen MR) is 78.5 cm³/mol. The molecule has 1 atom stereocenters. The molecule has 0 aliphatic carbocycles. The lowest BCUT2D eigenvalue weighted by Crippen LogP contribution is -2.30. The van der Waals surface area contributed by atoms with Gasteiger partial charge in [0.25, 0.3) is 0 Å². The lowest BCUT2D eigenvalue weighted by Gasteiger charge is -2.22. The van der Waals surface area contributed by atoms with Crippen molar-refractivity contribution in [1.29, 1.82) is 0 Å². The second-order valence-corrected chi connectivity index (χ2v) is 5.12. The molecule has 2 aromatic heterocycles. The summed E-state index contributed by atoms with van der Waals surface area (Å²) in [6, 6.07) is 9.68. The van der Waals surface area contributed by atoms with Gasteiger partial charge in [-0.15, -0.1) is 0 Å². The highest BCUT2D eigenvalue weighted by Crippen LogP contribution is 2.25. The number of hydrogen-bond donors (Lipinski definition) is 2. The summed E-state index contributed by atoms with van der Waals surface area (Å²) >= 11 is 0. The zero-order chi connectivity index (χ0) is 14.9. The minimum absolute atomic E-state index is 0.261. The van der Waals surface area contributed by atoms with E-state index in [1.54, 1.807) is 37.4 Å². The lowest BCUT2D eigenvalue weighted by atomic mass is 10.0. The van der Waals surface area contributed by atoms with Crippen molar-refractivity contribution in [2.24, 2.45) is 0 Å². The van der Waals surface area contributed by atoms with Gasteiger partial charge in [-0.05, 0) is 37.3 Å². The molecule has 0 saturated heterocycles. The fraction of sp³-hybridized carbons (Fsp3) is 0.188. The maximum atomic E-state index is 13.2. The fourth-order valence-electron chi connectivity index (χ4n) is 2.21. The predicted octanol–water partition coefficient (Wildman–Crippen LogP) is 3.29. The molecule has 5 heteroatoms. The Morgan fingerprint density at radius 1 is 1.33 bits per heavy atom. The van der Waals surface area contributed by atoms with Crippen molar-refractivity contribution in [3.63, 3.8) is 0 Å². The molecule has 4 nitrogen and oxygen atoms in total. The first kappa shape index (κ1) is 13.6. The number of furan rings is 1. The first-order chi connectivity index (χ1) is 10.1. The van der Waals surface area contributed by atoms with Gasteiger partial charge < -0.3 is 14.8 Å². The van der Waals surface area contributed by atoms with Crippen molar-refractivity contribution in [1.82, 2.24) is 4.98 Å². The molecule has 0 fully saturated rings. The van der Waals surface area contributed by atoms with Crippen LogP contribution in [0.15, 0.2) is 53.3 Å². The van der Waals surface area contributed by atoms with E-state index in [9.17, 15) is 9.50 Å². The topological polar surface area (TPSA) is 58.3 Å². The normalized spacial score (nSPS) is 14.0. The molecule has 1 aromatic carbocycles. The van der Waals surface area contributed by atoms with Crippen LogP contribution in [0.5, 0.6) is 0 Å². The van der Waals surface area contributed by atoms with Gasteiger partial charge in [0, 0.05) is 23.3 Å². The van der Waals surface area contributed by atoms with Gasteiger partial charge in [0.05, 0.1) is 18.3 Å². The highest BCUT2D eigenvalue weighted by molar-refractivity contribution is 5.90. The van der Waals surface area contributed by atoms with Gasteiger partial charge in [-0.2, -0.15) is 0 Å². The van der Waals surface area contributed by atoms with Crippen LogP contribution in [0, 0.1) is 5.82 Å². The number of nitrogens with zero attached hydrogens (tertiary/aromatic N) is 1. The molecule has 2 N–H and O–H groups in total. The molecule has 0 aliphatic heterocycles. The number of anilines is 1. The number of benzene rings is 1. The Hall–Kier alpha value is -2.40. The Bertz CT molecular complexity index is 754. The van der Waals surface area contributed by atoms with Gasteiger partial charge in [0.2, 0.25) is 0 Å². The van der Waals surface area contributed by atoms with E-state index in [1.165, 1.54) is 18.4 Å². The minimum atomic E-state index is -1.14. The van der Waals surface area contributed by atoms with E-state index in [4.69, 9.17) is 4.42 Å². The third-order valence-electron chi connectivity index (χ3n) is 3.38. The average Bonchev–Trinajstić information content (AvgIpc) is 2.99. The van der Waals surface area contributed by atoms with Crippen molar-refractivity contribution in [3.8, 4) is 0 Å². The Balaban J connectivity index is 1.86. The summed E-state index contributed by atoms with van der Waals surface area (Å²) in [5.41, 5.74) is 0.212. The third-order valence-corrected chi connectivity index (χ3v) is 3.38. The van der Waals surface area contributed by atoms with E-state index < -0.39 is 5.60 Å². The van der Waals surface area contributed by atoms with E-state index in [1.807, 2.05) is 0 Å². The molecule has 0 bridgehead atoms. The van der Waals surface area contributed by atoms with Crippen molar-refractivity contribution < 1.29 is 13.9 Å². The zero-order valence-corrected chi connectivity index (χ0v) is 11.5. The number of halogens is 1. The maximum Gasteiger partial charge on any atom is 0.136 e. The van der Waals surface area contributed by atoms with Gasteiger partial charge in [0.15, 0.2) is 0 Å². The molecule has 0 radical (unpaired) electrons. The van der Waals surface area contributed by atoms with Crippen molar-refractivity contribution in [3.05, 3.63) is 60.4 Å². The Labute approximate surface area is 121 Å². The first-order valence-corrected chi connectivity index (χ1v) is 6.61. The monoisotopic (exact) mass is 286 g/mol. The van der Waals surface area contributed by atoms with E-state index >= 15 is 0 Å². The summed E-state index contributed by atoms with van der Waals surface area (Å²) in [4.78, 5) is 4.14. The molecule has 21 heavy (non-hydrogen) atoms. The summed E-state index contributed by atoms with van der Waals surface area (Å²) in [6.45, 7) is 1.93. The molecule has 0 saturated carbocycles. The van der Waals surface area contributed by atoms with Crippen LogP contribution >= 0.6 is 0 Å². The molecule has 0 aliphatic rings. The number of hydrogen-bond acceptors (Lipinski definition) is 4. The average molecular weight is 286 g/mol. The zero-order valence-electron chi connectivity index (χ0n) is 11.5. The highest BCUT2D eigenvalue weighted by atomic mass is 19.1. The van der Waals surface area contributed by atoms with Crippen LogP contribution < -0.4 is 5.32 Å². The number of fused-ring (bicyclic) bond motifs is 1. The van der Waals surface area contributed by atoms with Crippen molar-refractivity contribution in [2.45, 2.75) is 12.5 Å². The smallest absolute Gasteiger partial charge is 0.136 e. The van der Waals surface area contributed by atoms with Crippen LogP contribution in [-0.2, 0) is 5.60 Å². The molecular formula is C16H15FN2O2. The van der Waals surface area contributed by atoms with Crippen LogP contribution in [0.2, 0.25) is 0 Å². The number of pyridine rings is 1. The van der Waals surface area contributed by atoms with E-state index in [0.717, 1.165) is 11.1 Å². The van der Waals surface area contributed by atoms with Crippen LogP contribution in [0.3, 0.4) is 0 Å². The summed E-state index contributed by atoms with van der Waals surface area (Å²) in [6.07, 6.45) is 3.13. The Morgan fingerprint density at radius 3 is 2.95 bits per heavy atom. The molecule has 3 aromatic rings. The second-order valence-electron chi connectivity index (χ2n) is 5.12. The van der Waals surface area contributed by atoms with E-state index in [0.29, 0.717) is 11.3 Å². The number of aromatic nitrogens is 1. The van der Waals surface area contributed by atoms with Gasteiger partial charge in [-0.25, -0.2) is 4.39 Å². The summed E-state index contributed by atoms with van der Waals surface area (Å²) in [7, 11) is 0. The molecule has 2 heterocycles. The van der Waals surface area contributed by atoms with Crippen LogP contribution in [0.25, 0.3) is 10.9 Å². The molecule has 108 valence electrons. The van der Waals surface area contributed by atoms with Gasteiger partial charge in [-0.3, -0.25) is 4.98 Å². The number of nitrogens with one attached hydrogen (secondary N) is 1. The summed E-state index contributed by atoms with van der Waals surface area (Å²) < 4.78 is 18.5. The summed E-state index contributed by atoms with van der Waals surface area (Å²) in [5, 5.41) is 14.4. The molecule has 1 unspecified atom stereocenters. The fourth-order valence-corrected chi connectivity index (χ4v) is 2.21. The maximum absolute atomic E-state index is 13.2. The third kappa shape index (κ3) is 2.73. The minimum Gasteiger partial charge on any atom is -0.466 e. The molecule has 0 spiro atoms. The quantitative estimate of drug-likeness (QED) is 0.772. The van der Waals surface area contributed by atoms with E-state index in [2.05, 4.69) is 10.3 Å². The highest BCUT2D eigenvalue weighted by Gasteiger charge is 2.26. The largest absolute Gasteiger partial charge is 0.466 e. The van der Waals surface area contributed by atoms with Crippen molar-refractivity contribution >= 4 is 16.6 Å². The number of aliphatic hydroxyl groups is 1. The molecular weight excluding hydrogens is 271 g/mol.